The van der Waals surface area contributed by atoms with Crippen molar-refractivity contribution in [3.05, 3.63) is 29.8 Å². The zero-order chi connectivity index (χ0) is 14.5. The van der Waals surface area contributed by atoms with E-state index in [4.69, 9.17) is 0 Å². The number of benzene rings is 1. The molecule has 2 fully saturated rings. The van der Waals surface area contributed by atoms with E-state index in [0.29, 0.717) is 12.5 Å². The van der Waals surface area contributed by atoms with E-state index in [1.165, 1.54) is 44.1 Å². The first-order valence-electron chi connectivity index (χ1n) is 8.45. The molecule has 1 N–H and O–H groups in total. The van der Waals surface area contributed by atoms with Crippen molar-refractivity contribution in [2.45, 2.75) is 64.0 Å². The van der Waals surface area contributed by atoms with E-state index in [2.05, 4.69) is 29.6 Å². The molecule has 3 heteroatoms. The molecule has 0 aromatic heterocycles. The largest absolute Gasteiger partial charge is 0.312 e. The highest BCUT2D eigenvalue weighted by Crippen LogP contribution is 2.22. The average molecular weight is 286 g/mol. The molecule has 1 aromatic rings. The van der Waals surface area contributed by atoms with Crippen molar-refractivity contribution in [2.75, 3.05) is 11.4 Å². The minimum atomic E-state index is 0.263. The van der Waals surface area contributed by atoms with Gasteiger partial charge in [-0.1, -0.05) is 37.8 Å². The van der Waals surface area contributed by atoms with E-state index in [-0.39, 0.29) is 5.91 Å². The first-order chi connectivity index (χ1) is 10.3. The van der Waals surface area contributed by atoms with Crippen molar-refractivity contribution in [3.63, 3.8) is 0 Å². The maximum Gasteiger partial charge on any atom is 0.227 e. The molecule has 1 amide bonds. The van der Waals surface area contributed by atoms with Gasteiger partial charge in [0.25, 0.3) is 0 Å². The summed E-state index contributed by atoms with van der Waals surface area (Å²) in [5, 5.41) is 3.70. The van der Waals surface area contributed by atoms with Crippen LogP contribution in [0.15, 0.2) is 24.3 Å². The van der Waals surface area contributed by atoms with Crippen LogP contribution in [0, 0.1) is 0 Å². The number of nitrogens with one attached hydrogen (secondary N) is 1. The van der Waals surface area contributed by atoms with Gasteiger partial charge in [0.05, 0.1) is 0 Å². The van der Waals surface area contributed by atoms with Gasteiger partial charge in [-0.2, -0.15) is 0 Å². The van der Waals surface area contributed by atoms with Crippen LogP contribution in [-0.4, -0.2) is 18.5 Å². The van der Waals surface area contributed by atoms with E-state index >= 15 is 0 Å². The van der Waals surface area contributed by atoms with Crippen molar-refractivity contribution >= 4 is 11.6 Å². The minimum absolute atomic E-state index is 0.263. The van der Waals surface area contributed by atoms with E-state index in [1.54, 1.807) is 0 Å². The van der Waals surface area contributed by atoms with Crippen LogP contribution in [0.2, 0.25) is 0 Å². The van der Waals surface area contributed by atoms with Gasteiger partial charge < -0.3 is 10.2 Å². The number of hydrogen-bond donors (Lipinski definition) is 1. The van der Waals surface area contributed by atoms with Crippen molar-refractivity contribution in [3.8, 4) is 0 Å². The second kappa shape index (κ2) is 7.08. The Kier molecular flexibility index (Phi) is 4.91. The molecule has 0 bridgehead atoms. The van der Waals surface area contributed by atoms with E-state index in [1.807, 2.05) is 4.90 Å². The van der Waals surface area contributed by atoms with Crippen molar-refractivity contribution in [2.24, 2.45) is 0 Å². The molecule has 114 valence electrons. The van der Waals surface area contributed by atoms with Crippen LogP contribution < -0.4 is 10.2 Å². The first kappa shape index (κ1) is 14.6. The van der Waals surface area contributed by atoms with Crippen LogP contribution in [0.5, 0.6) is 0 Å². The normalized spacial score (nSPS) is 20.8. The van der Waals surface area contributed by atoms with Gasteiger partial charge in [0.15, 0.2) is 0 Å². The van der Waals surface area contributed by atoms with Gasteiger partial charge in [0.1, 0.15) is 0 Å². The Hall–Kier alpha value is -1.35. The number of hydrogen-bond acceptors (Lipinski definition) is 2. The topological polar surface area (TPSA) is 32.3 Å². The summed E-state index contributed by atoms with van der Waals surface area (Å²) in [4.78, 5) is 13.6. The molecule has 1 saturated carbocycles. The lowest BCUT2D eigenvalue weighted by Crippen LogP contribution is -2.28. The van der Waals surface area contributed by atoms with Crippen molar-refractivity contribution in [1.82, 2.24) is 5.32 Å². The zero-order valence-electron chi connectivity index (χ0n) is 12.8. The molecule has 0 spiro atoms. The summed E-state index contributed by atoms with van der Waals surface area (Å²) in [6.07, 6.45) is 9.87. The Morgan fingerprint density at radius 1 is 1.00 bits per heavy atom. The van der Waals surface area contributed by atoms with Gasteiger partial charge in [-0.25, -0.2) is 0 Å². The minimum Gasteiger partial charge on any atom is -0.312 e. The molecular weight excluding hydrogens is 260 g/mol. The monoisotopic (exact) mass is 286 g/mol. The summed E-state index contributed by atoms with van der Waals surface area (Å²) in [6.45, 7) is 1.82. The maximum absolute atomic E-state index is 11.7. The summed E-state index contributed by atoms with van der Waals surface area (Å²) in [6, 6.07) is 9.18. The molecular formula is C18H26N2O. The fourth-order valence-electron chi connectivity index (χ4n) is 3.46. The van der Waals surface area contributed by atoms with Crippen LogP contribution in [-0.2, 0) is 11.3 Å². The molecule has 0 unspecified atom stereocenters. The molecule has 21 heavy (non-hydrogen) atoms. The third-order valence-electron chi connectivity index (χ3n) is 4.77. The fraction of sp³-hybridized carbons (Fsp3) is 0.611. The Morgan fingerprint density at radius 2 is 1.71 bits per heavy atom. The Bertz CT molecular complexity index is 461. The Morgan fingerprint density at radius 3 is 2.33 bits per heavy atom. The van der Waals surface area contributed by atoms with E-state index in [0.717, 1.165) is 25.2 Å². The smallest absolute Gasteiger partial charge is 0.227 e. The Balaban J connectivity index is 1.53. The van der Waals surface area contributed by atoms with Gasteiger partial charge in [0.2, 0.25) is 5.91 Å². The Labute approximate surface area is 127 Å². The summed E-state index contributed by atoms with van der Waals surface area (Å²) >= 11 is 0. The molecule has 3 nitrogen and oxygen atoms in total. The predicted molar refractivity (Wildman–Crippen MR) is 86.4 cm³/mol. The molecule has 0 radical (unpaired) electrons. The summed E-state index contributed by atoms with van der Waals surface area (Å²) in [7, 11) is 0. The predicted octanol–water partition coefficient (Wildman–Crippen LogP) is 3.63. The van der Waals surface area contributed by atoms with Crippen molar-refractivity contribution < 1.29 is 4.79 Å². The highest BCUT2D eigenvalue weighted by molar-refractivity contribution is 5.95. The van der Waals surface area contributed by atoms with Crippen LogP contribution in [0.4, 0.5) is 5.69 Å². The maximum atomic E-state index is 11.7. The zero-order valence-corrected chi connectivity index (χ0v) is 12.8. The average Bonchev–Trinajstić information content (AvgIpc) is 2.78. The lowest BCUT2D eigenvalue weighted by molar-refractivity contribution is -0.117. The van der Waals surface area contributed by atoms with Crippen LogP contribution in [0.1, 0.15) is 56.9 Å². The summed E-state index contributed by atoms with van der Waals surface area (Å²) in [5.74, 6) is 0.263. The third-order valence-corrected chi connectivity index (χ3v) is 4.77. The molecule has 1 aromatic carbocycles. The van der Waals surface area contributed by atoms with Gasteiger partial charge in [-0.05, 0) is 37.0 Å². The highest BCUT2D eigenvalue weighted by atomic mass is 16.2. The highest BCUT2D eigenvalue weighted by Gasteiger charge is 2.21. The molecule has 1 heterocycles. The summed E-state index contributed by atoms with van der Waals surface area (Å²) in [5.41, 5.74) is 2.37. The number of carbonyl (C=O) groups is 1. The van der Waals surface area contributed by atoms with E-state index in [9.17, 15) is 4.79 Å². The van der Waals surface area contributed by atoms with Crippen LogP contribution >= 0.6 is 0 Å². The number of amides is 1. The van der Waals surface area contributed by atoms with Crippen LogP contribution in [0.3, 0.4) is 0 Å². The van der Waals surface area contributed by atoms with Gasteiger partial charge in [0, 0.05) is 31.2 Å². The lowest BCUT2D eigenvalue weighted by Gasteiger charge is -2.18. The third kappa shape index (κ3) is 3.85. The summed E-state index contributed by atoms with van der Waals surface area (Å²) < 4.78 is 0. The fourth-order valence-corrected chi connectivity index (χ4v) is 3.46. The molecule has 3 rings (SSSR count). The molecule has 1 aliphatic heterocycles. The number of carbonyl (C=O) groups excluding carboxylic acids is 1. The quantitative estimate of drug-likeness (QED) is 0.857. The van der Waals surface area contributed by atoms with Gasteiger partial charge in [-0.15, -0.1) is 0 Å². The van der Waals surface area contributed by atoms with Crippen molar-refractivity contribution in [1.29, 1.82) is 0 Å². The second-order valence-electron chi connectivity index (χ2n) is 6.38. The van der Waals surface area contributed by atoms with Crippen LogP contribution in [0.25, 0.3) is 0 Å². The SMILES string of the molecule is O=C1CCCN1c1ccc(CNC2CCCCCC2)cc1. The number of nitrogens with zero attached hydrogens (tertiary/aromatic N) is 1. The molecule has 1 saturated heterocycles. The van der Waals surface area contributed by atoms with Gasteiger partial charge in [-0.3, -0.25) is 4.79 Å². The molecule has 2 aliphatic rings. The van der Waals surface area contributed by atoms with Gasteiger partial charge >= 0.3 is 0 Å². The second-order valence-corrected chi connectivity index (χ2v) is 6.38. The molecule has 1 aliphatic carbocycles. The van der Waals surface area contributed by atoms with E-state index < -0.39 is 0 Å². The lowest BCUT2D eigenvalue weighted by atomic mass is 10.1. The first-order valence-corrected chi connectivity index (χ1v) is 8.45. The standard InChI is InChI=1S/C18H26N2O/c21-18-8-5-13-20(18)17-11-9-15(10-12-17)14-19-16-6-3-1-2-4-7-16/h9-12,16,19H,1-8,13-14H2. The number of rotatable bonds is 4. The number of anilines is 1. The molecule has 0 atom stereocenters.